The van der Waals surface area contributed by atoms with Crippen LogP contribution in [0.25, 0.3) is 0 Å². The monoisotopic (exact) mass is 292 g/mol. The zero-order valence-corrected chi connectivity index (χ0v) is 13.6. The number of rotatable bonds is 7. The van der Waals surface area contributed by atoms with Crippen LogP contribution in [0.3, 0.4) is 0 Å². The number of carbonyl (C=O) groups excluding carboxylic acids is 1. The van der Waals surface area contributed by atoms with Crippen LogP contribution in [-0.2, 0) is 5.41 Å². The molecule has 2 N–H and O–H groups in total. The van der Waals surface area contributed by atoms with Crippen LogP contribution in [0.4, 0.5) is 4.79 Å². The summed E-state index contributed by atoms with van der Waals surface area (Å²) in [6.07, 6.45) is 0.852. The minimum atomic E-state index is -0.149. The zero-order chi connectivity index (χ0) is 15.9. The zero-order valence-electron chi connectivity index (χ0n) is 13.6. The van der Waals surface area contributed by atoms with Gasteiger partial charge < -0.3 is 15.3 Å². The number of hydrogen-bond donors (Lipinski definition) is 2. The first-order chi connectivity index (χ1) is 9.97. The van der Waals surface area contributed by atoms with Crippen molar-refractivity contribution in [3.05, 3.63) is 35.9 Å². The van der Waals surface area contributed by atoms with E-state index < -0.39 is 0 Å². The first-order valence-electron chi connectivity index (χ1n) is 7.69. The van der Waals surface area contributed by atoms with Crippen molar-refractivity contribution in [1.82, 2.24) is 10.2 Å². The highest BCUT2D eigenvalue weighted by molar-refractivity contribution is 5.74. The molecule has 0 saturated heterocycles. The Kier molecular flexibility index (Phi) is 6.69. The topological polar surface area (TPSA) is 52.6 Å². The lowest BCUT2D eigenvalue weighted by atomic mass is 9.76. The van der Waals surface area contributed by atoms with Gasteiger partial charge in [0.25, 0.3) is 0 Å². The number of nitrogens with zero attached hydrogens (tertiary/aromatic N) is 1. The number of likely N-dealkylation sites (N-methyl/N-ethyl adjacent to an activating group) is 1. The summed E-state index contributed by atoms with van der Waals surface area (Å²) in [6.45, 7) is 9.24. The Balaban J connectivity index is 2.85. The number of nitrogens with one attached hydrogen (secondary N) is 1. The van der Waals surface area contributed by atoms with Gasteiger partial charge in [0.1, 0.15) is 0 Å². The van der Waals surface area contributed by atoms with E-state index >= 15 is 0 Å². The maximum absolute atomic E-state index is 12.3. The van der Waals surface area contributed by atoms with E-state index in [1.165, 1.54) is 5.56 Å². The van der Waals surface area contributed by atoms with Crippen molar-refractivity contribution in [2.24, 2.45) is 0 Å². The number of urea groups is 1. The van der Waals surface area contributed by atoms with Gasteiger partial charge in [0, 0.05) is 24.5 Å². The highest BCUT2D eigenvalue weighted by Crippen LogP contribution is 2.28. The molecule has 1 rings (SSSR count). The van der Waals surface area contributed by atoms with Crippen molar-refractivity contribution in [3.8, 4) is 0 Å². The molecule has 0 radical (unpaired) electrons. The summed E-state index contributed by atoms with van der Waals surface area (Å²) in [7, 11) is 0. The average molecular weight is 292 g/mol. The van der Waals surface area contributed by atoms with E-state index in [1.807, 2.05) is 25.1 Å². The van der Waals surface area contributed by atoms with E-state index in [0.717, 1.165) is 6.42 Å². The molecule has 2 amide bonds. The lowest BCUT2D eigenvalue weighted by Gasteiger charge is -2.36. The highest BCUT2D eigenvalue weighted by atomic mass is 16.3. The predicted molar refractivity (Wildman–Crippen MR) is 86.4 cm³/mol. The second kappa shape index (κ2) is 8.03. The van der Waals surface area contributed by atoms with Crippen molar-refractivity contribution in [2.75, 3.05) is 19.7 Å². The number of carbonyl (C=O) groups is 1. The molecule has 0 heterocycles. The van der Waals surface area contributed by atoms with Crippen LogP contribution in [0.1, 0.15) is 39.7 Å². The van der Waals surface area contributed by atoms with Crippen molar-refractivity contribution in [3.63, 3.8) is 0 Å². The molecule has 0 saturated carbocycles. The lowest BCUT2D eigenvalue weighted by Crippen LogP contribution is -2.52. The first kappa shape index (κ1) is 17.5. The van der Waals surface area contributed by atoms with Gasteiger partial charge in [-0.1, -0.05) is 51.1 Å². The van der Waals surface area contributed by atoms with Crippen LogP contribution in [0.2, 0.25) is 0 Å². The molecule has 1 aromatic carbocycles. The number of amides is 2. The molecule has 4 heteroatoms. The van der Waals surface area contributed by atoms with Gasteiger partial charge in [0.15, 0.2) is 0 Å². The summed E-state index contributed by atoms with van der Waals surface area (Å²) >= 11 is 0. The molecule has 0 aromatic heterocycles. The van der Waals surface area contributed by atoms with E-state index in [4.69, 9.17) is 5.11 Å². The molecule has 0 aliphatic carbocycles. The van der Waals surface area contributed by atoms with Crippen molar-refractivity contribution in [2.45, 2.75) is 45.6 Å². The van der Waals surface area contributed by atoms with E-state index in [0.29, 0.717) is 13.1 Å². The quantitative estimate of drug-likeness (QED) is 0.812. The smallest absolute Gasteiger partial charge is 0.317 e. The van der Waals surface area contributed by atoms with Crippen LogP contribution in [0, 0.1) is 0 Å². The molecule has 118 valence electrons. The molecule has 0 aliphatic rings. The van der Waals surface area contributed by atoms with Gasteiger partial charge in [0.2, 0.25) is 0 Å². The van der Waals surface area contributed by atoms with Gasteiger partial charge in [0.05, 0.1) is 6.61 Å². The van der Waals surface area contributed by atoms with E-state index in [9.17, 15) is 4.79 Å². The summed E-state index contributed by atoms with van der Waals surface area (Å²) in [5.41, 5.74) is 1.06. The molecule has 1 unspecified atom stereocenters. The fraction of sp³-hybridized carbons (Fsp3) is 0.588. The molecular formula is C17H28N2O2. The van der Waals surface area contributed by atoms with Gasteiger partial charge in [-0.15, -0.1) is 0 Å². The van der Waals surface area contributed by atoms with Crippen molar-refractivity contribution >= 4 is 6.03 Å². The third kappa shape index (κ3) is 4.46. The predicted octanol–water partition coefficient (Wildman–Crippen LogP) is 2.77. The number of aliphatic hydroxyl groups is 1. The second-order valence-corrected chi connectivity index (χ2v) is 5.80. The molecule has 1 atom stereocenters. The third-order valence-electron chi connectivity index (χ3n) is 4.13. The normalized spacial score (nSPS) is 12.8. The Morgan fingerprint density at radius 3 is 2.38 bits per heavy atom. The van der Waals surface area contributed by atoms with Gasteiger partial charge >= 0.3 is 6.03 Å². The Morgan fingerprint density at radius 1 is 1.29 bits per heavy atom. The second-order valence-electron chi connectivity index (χ2n) is 5.80. The van der Waals surface area contributed by atoms with E-state index in [2.05, 4.69) is 38.2 Å². The van der Waals surface area contributed by atoms with E-state index in [1.54, 1.807) is 4.90 Å². The molecule has 0 spiro atoms. The molecule has 0 fully saturated rings. The summed E-state index contributed by atoms with van der Waals surface area (Å²) in [5.74, 6) is 0. The lowest BCUT2D eigenvalue weighted by molar-refractivity contribution is 0.171. The van der Waals surface area contributed by atoms with Gasteiger partial charge in [-0.05, 0) is 18.9 Å². The molecule has 1 aromatic rings. The summed E-state index contributed by atoms with van der Waals surface area (Å²) in [6, 6.07) is 10.2. The van der Waals surface area contributed by atoms with E-state index in [-0.39, 0.29) is 24.1 Å². The Bertz CT molecular complexity index is 432. The minimum absolute atomic E-state index is 0.0138. The Morgan fingerprint density at radius 2 is 1.90 bits per heavy atom. The highest BCUT2D eigenvalue weighted by Gasteiger charge is 2.31. The van der Waals surface area contributed by atoms with Crippen LogP contribution in [-0.4, -0.2) is 41.8 Å². The van der Waals surface area contributed by atoms with Crippen LogP contribution in [0.15, 0.2) is 30.3 Å². The third-order valence-corrected chi connectivity index (χ3v) is 4.13. The van der Waals surface area contributed by atoms with Crippen molar-refractivity contribution < 1.29 is 9.90 Å². The van der Waals surface area contributed by atoms with Gasteiger partial charge in [-0.3, -0.25) is 0 Å². The largest absolute Gasteiger partial charge is 0.395 e. The van der Waals surface area contributed by atoms with Gasteiger partial charge in [-0.2, -0.15) is 0 Å². The molecule has 21 heavy (non-hydrogen) atoms. The average Bonchev–Trinajstić information content (AvgIpc) is 2.50. The molecule has 0 bridgehead atoms. The van der Waals surface area contributed by atoms with Gasteiger partial charge in [-0.25, -0.2) is 4.79 Å². The number of aliphatic hydroxyl groups excluding tert-OH is 1. The molecular weight excluding hydrogens is 264 g/mol. The molecule has 0 aliphatic heterocycles. The fourth-order valence-electron chi connectivity index (χ4n) is 2.63. The first-order valence-corrected chi connectivity index (χ1v) is 7.69. The number of hydrogen-bond acceptors (Lipinski definition) is 2. The fourth-order valence-corrected chi connectivity index (χ4v) is 2.63. The van der Waals surface area contributed by atoms with Crippen molar-refractivity contribution in [1.29, 1.82) is 0 Å². The Hall–Kier alpha value is -1.55. The number of benzene rings is 1. The maximum Gasteiger partial charge on any atom is 0.317 e. The Labute approximate surface area is 128 Å². The molecule has 4 nitrogen and oxygen atoms in total. The standard InChI is InChI=1S/C17H28N2O2/c1-5-15(18-16(21)19(6-2)12-13-20)17(3,4)14-10-8-7-9-11-14/h7-11,15,20H,5-6,12-13H2,1-4H3,(H,18,21). The van der Waals surface area contributed by atoms with Crippen LogP contribution in [0.5, 0.6) is 0 Å². The minimum Gasteiger partial charge on any atom is -0.395 e. The SMILES string of the molecule is CCC(NC(=O)N(CC)CCO)C(C)(C)c1ccccc1. The van der Waals surface area contributed by atoms with Crippen LogP contribution < -0.4 is 5.32 Å². The van der Waals surface area contributed by atoms with Crippen LogP contribution >= 0.6 is 0 Å². The maximum atomic E-state index is 12.3. The summed E-state index contributed by atoms with van der Waals surface area (Å²) < 4.78 is 0. The summed E-state index contributed by atoms with van der Waals surface area (Å²) in [4.78, 5) is 13.9. The summed E-state index contributed by atoms with van der Waals surface area (Å²) in [5, 5.41) is 12.1.